The number of pyridine rings is 1. The molecule has 1 saturated carbocycles. The first-order chi connectivity index (χ1) is 22.3. The lowest BCUT2D eigenvalue weighted by atomic mass is 9.59. The second-order valence-electron chi connectivity index (χ2n) is 15.2. The summed E-state index contributed by atoms with van der Waals surface area (Å²) >= 11 is 7.93. The molecule has 0 saturated heterocycles. The SMILES string of the molecule is CC(C)(C)[Si](C)(C)OCC(COc1ccnc2ccsc12)CC1Cc2ccccc2C12CCC(Nc1cccc(Cl)c1)(C(=O)O)CC2. The van der Waals surface area contributed by atoms with Gasteiger partial charge in [-0.3, -0.25) is 4.98 Å². The number of thiophene rings is 1. The molecule has 2 aromatic heterocycles. The molecule has 250 valence electrons. The third-order valence-electron chi connectivity index (χ3n) is 11.3. The van der Waals surface area contributed by atoms with E-state index in [9.17, 15) is 9.90 Å². The number of nitrogens with zero attached hydrogens (tertiary/aromatic N) is 1. The molecule has 0 radical (unpaired) electrons. The van der Waals surface area contributed by atoms with Crippen molar-refractivity contribution in [3.63, 3.8) is 0 Å². The Morgan fingerprint density at radius 2 is 1.85 bits per heavy atom. The van der Waals surface area contributed by atoms with Gasteiger partial charge in [0, 0.05) is 29.4 Å². The Kier molecular flexibility index (Phi) is 9.53. The van der Waals surface area contributed by atoms with Gasteiger partial charge in [0.25, 0.3) is 0 Å². The van der Waals surface area contributed by atoms with E-state index in [1.54, 1.807) is 11.3 Å². The minimum Gasteiger partial charge on any atom is -0.492 e. The van der Waals surface area contributed by atoms with E-state index < -0.39 is 19.8 Å². The number of fused-ring (bicyclic) bond motifs is 3. The lowest BCUT2D eigenvalue weighted by molar-refractivity contribution is -0.144. The largest absolute Gasteiger partial charge is 0.492 e. The predicted octanol–water partition coefficient (Wildman–Crippen LogP) is 9.98. The van der Waals surface area contributed by atoms with E-state index in [2.05, 4.69) is 73.8 Å². The number of aliphatic carboxylic acids is 1. The molecule has 1 spiro atoms. The Morgan fingerprint density at radius 3 is 2.57 bits per heavy atom. The van der Waals surface area contributed by atoms with E-state index in [1.807, 2.05) is 42.6 Å². The molecule has 2 aromatic carbocycles. The Hall–Kier alpha value is -2.91. The zero-order valence-electron chi connectivity index (χ0n) is 28.1. The number of anilines is 1. The quantitative estimate of drug-likeness (QED) is 0.153. The molecule has 2 aliphatic rings. The van der Waals surface area contributed by atoms with Gasteiger partial charge in [-0.15, -0.1) is 11.3 Å². The monoisotopic (exact) mass is 690 g/mol. The summed E-state index contributed by atoms with van der Waals surface area (Å²) in [7, 11) is -2.00. The molecular formula is C38H47ClN2O4SSi. The minimum atomic E-state index is -2.00. The summed E-state index contributed by atoms with van der Waals surface area (Å²) in [6, 6.07) is 20.2. The van der Waals surface area contributed by atoms with Crippen molar-refractivity contribution in [3.05, 3.63) is 88.4 Å². The van der Waals surface area contributed by atoms with Crippen molar-refractivity contribution >= 4 is 53.1 Å². The molecular weight excluding hydrogens is 644 g/mol. The highest BCUT2D eigenvalue weighted by molar-refractivity contribution is 7.17. The second-order valence-corrected chi connectivity index (χ2v) is 21.3. The molecule has 6 rings (SSSR count). The third kappa shape index (κ3) is 6.84. The summed E-state index contributed by atoms with van der Waals surface area (Å²) in [6.45, 7) is 12.7. The average Bonchev–Trinajstić information content (AvgIpc) is 3.62. The standard InChI is InChI=1S/C38H47ClN2O4SSi/c1-36(2,3)47(4,5)45-25-26(24-44-33-13-19-40-32-14-20-46-34(32)33)21-28-22-27-9-6-7-12-31(27)37(28)15-17-38(18-16-37,35(42)43)41-30-11-8-10-29(39)23-30/h6-14,19-20,23,26,28,41H,15-18,21-22,24-25H2,1-5H3,(H,42,43). The van der Waals surface area contributed by atoms with Crippen LogP contribution in [0.3, 0.4) is 0 Å². The average molecular weight is 691 g/mol. The molecule has 2 aliphatic carbocycles. The number of hydrogen-bond donors (Lipinski definition) is 2. The van der Waals surface area contributed by atoms with Gasteiger partial charge in [-0.05, 0) is 115 Å². The first kappa shape index (κ1) is 34.0. The summed E-state index contributed by atoms with van der Waals surface area (Å²) in [5.74, 6) is 0.608. The van der Waals surface area contributed by atoms with Crippen LogP contribution in [0, 0.1) is 11.8 Å². The zero-order valence-corrected chi connectivity index (χ0v) is 30.7. The molecule has 0 amide bonds. The number of carboxylic acids is 1. The summed E-state index contributed by atoms with van der Waals surface area (Å²) in [6.07, 6.45) is 6.42. The van der Waals surface area contributed by atoms with Gasteiger partial charge in [0.2, 0.25) is 0 Å². The Balaban J connectivity index is 1.27. The van der Waals surface area contributed by atoms with Gasteiger partial charge >= 0.3 is 5.97 Å². The van der Waals surface area contributed by atoms with E-state index in [4.69, 9.17) is 20.8 Å². The third-order valence-corrected chi connectivity index (χ3v) is 17.0. The number of carbonyl (C=O) groups is 1. The van der Waals surface area contributed by atoms with E-state index in [0.717, 1.165) is 47.3 Å². The Labute approximate surface area is 289 Å². The van der Waals surface area contributed by atoms with Gasteiger partial charge in [-0.25, -0.2) is 4.79 Å². The molecule has 4 aromatic rings. The maximum atomic E-state index is 12.9. The fraction of sp³-hybridized carbons (Fsp3) is 0.474. The summed E-state index contributed by atoms with van der Waals surface area (Å²) in [5, 5.41) is 16.7. The van der Waals surface area contributed by atoms with Crippen LogP contribution in [-0.4, -0.2) is 43.1 Å². The number of benzene rings is 2. The molecule has 2 N–H and O–H groups in total. The first-order valence-electron chi connectivity index (χ1n) is 16.8. The number of rotatable bonds is 11. The fourth-order valence-corrected chi connectivity index (χ4v) is 9.60. The van der Waals surface area contributed by atoms with Crippen LogP contribution in [0.4, 0.5) is 5.69 Å². The normalized spacial score (nSPS) is 23.5. The van der Waals surface area contributed by atoms with Crippen molar-refractivity contribution in [2.75, 3.05) is 18.5 Å². The van der Waals surface area contributed by atoms with Gasteiger partial charge in [0.15, 0.2) is 8.32 Å². The van der Waals surface area contributed by atoms with E-state index in [-0.39, 0.29) is 16.4 Å². The van der Waals surface area contributed by atoms with Crippen molar-refractivity contribution in [1.29, 1.82) is 0 Å². The van der Waals surface area contributed by atoms with Crippen LogP contribution in [0.15, 0.2) is 72.2 Å². The van der Waals surface area contributed by atoms with Crippen molar-refractivity contribution in [3.8, 4) is 5.75 Å². The van der Waals surface area contributed by atoms with Gasteiger partial charge in [-0.2, -0.15) is 0 Å². The van der Waals surface area contributed by atoms with Crippen LogP contribution < -0.4 is 10.1 Å². The van der Waals surface area contributed by atoms with Crippen LogP contribution in [0.5, 0.6) is 5.75 Å². The molecule has 1 fully saturated rings. The number of ether oxygens (including phenoxy) is 1. The van der Waals surface area contributed by atoms with Crippen LogP contribution in [0.1, 0.15) is 64.0 Å². The second kappa shape index (κ2) is 13.2. The molecule has 6 nitrogen and oxygen atoms in total. The minimum absolute atomic E-state index is 0.0987. The maximum Gasteiger partial charge on any atom is 0.329 e. The molecule has 0 aliphatic heterocycles. The van der Waals surface area contributed by atoms with Crippen molar-refractivity contribution in [1.82, 2.24) is 4.98 Å². The Morgan fingerprint density at radius 1 is 1.09 bits per heavy atom. The number of hydrogen-bond acceptors (Lipinski definition) is 6. The zero-order chi connectivity index (χ0) is 33.5. The number of halogens is 1. The predicted molar refractivity (Wildman–Crippen MR) is 196 cm³/mol. The van der Waals surface area contributed by atoms with Crippen molar-refractivity contribution in [2.45, 2.75) is 88.4 Å². The van der Waals surface area contributed by atoms with Gasteiger partial charge in [0.1, 0.15) is 11.3 Å². The van der Waals surface area contributed by atoms with Crippen LogP contribution in [0.25, 0.3) is 10.2 Å². The number of nitrogens with one attached hydrogen (secondary N) is 1. The Bertz CT molecular complexity index is 1730. The molecule has 2 heterocycles. The van der Waals surface area contributed by atoms with Crippen LogP contribution >= 0.6 is 22.9 Å². The first-order valence-corrected chi connectivity index (χ1v) is 20.9. The molecule has 2 atom stereocenters. The van der Waals surface area contributed by atoms with Crippen LogP contribution in [-0.2, 0) is 21.1 Å². The van der Waals surface area contributed by atoms with Gasteiger partial charge in [-0.1, -0.05) is 62.7 Å². The lowest BCUT2D eigenvalue weighted by Gasteiger charge is -2.47. The highest BCUT2D eigenvalue weighted by Crippen LogP contribution is 2.56. The highest BCUT2D eigenvalue weighted by atomic mass is 35.5. The smallest absolute Gasteiger partial charge is 0.329 e. The maximum absolute atomic E-state index is 12.9. The van der Waals surface area contributed by atoms with Gasteiger partial charge in [0.05, 0.1) is 16.8 Å². The summed E-state index contributed by atoms with van der Waals surface area (Å²) < 4.78 is 14.5. The number of carboxylic acid groups (broad SMARTS) is 1. The van der Waals surface area contributed by atoms with E-state index in [0.29, 0.717) is 37.0 Å². The summed E-state index contributed by atoms with van der Waals surface area (Å²) in [5.41, 5.74) is 3.35. The molecule has 47 heavy (non-hydrogen) atoms. The van der Waals surface area contributed by atoms with Crippen LogP contribution in [0.2, 0.25) is 23.2 Å². The fourth-order valence-electron chi connectivity index (χ4n) is 7.51. The molecule has 9 heteroatoms. The highest BCUT2D eigenvalue weighted by Gasteiger charge is 2.54. The van der Waals surface area contributed by atoms with Crippen molar-refractivity contribution in [2.24, 2.45) is 11.8 Å². The number of aromatic nitrogens is 1. The van der Waals surface area contributed by atoms with Gasteiger partial charge < -0.3 is 19.6 Å². The topological polar surface area (TPSA) is 80.7 Å². The van der Waals surface area contributed by atoms with Crippen molar-refractivity contribution < 1.29 is 19.1 Å². The summed E-state index contributed by atoms with van der Waals surface area (Å²) in [4.78, 5) is 17.4. The molecule has 2 unspecified atom stereocenters. The molecule has 0 bridgehead atoms. The van der Waals surface area contributed by atoms with E-state index in [1.165, 1.54) is 11.1 Å². The lowest BCUT2D eigenvalue weighted by Crippen LogP contribution is -2.53. The van der Waals surface area contributed by atoms with E-state index >= 15 is 0 Å².